The summed E-state index contributed by atoms with van der Waals surface area (Å²) in [4.78, 5) is 27.3. The van der Waals surface area contributed by atoms with E-state index in [0.29, 0.717) is 36.0 Å². The molecule has 0 unspecified atom stereocenters. The molecule has 6 heteroatoms. The maximum atomic E-state index is 13.5. The molecule has 1 aliphatic heterocycles. The summed E-state index contributed by atoms with van der Waals surface area (Å²) < 4.78 is 16.5. The third kappa shape index (κ3) is 4.49. The Bertz CT molecular complexity index is 1200. The van der Waals surface area contributed by atoms with Crippen LogP contribution < -0.4 is 14.4 Å². The standard InChI is InChI=1S/C28H29NO5/c1-5-33-24-15-21-16-26(30)29(22-12-10-19(11-13-22)28(31)32-4)27(20-9-7-8-18(3)14-20)23(21)17-25(24)34-6-2/h7-15,17,27H,5-6,16H2,1-4H3/t27-/m0/s1. The molecule has 176 valence electrons. The van der Waals surface area contributed by atoms with Crippen molar-refractivity contribution in [1.82, 2.24) is 0 Å². The number of hydrogen-bond donors (Lipinski definition) is 0. The number of methoxy groups -OCH3 is 1. The molecule has 4 rings (SSSR count). The second-order valence-electron chi connectivity index (χ2n) is 8.16. The number of benzene rings is 3. The topological polar surface area (TPSA) is 65.1 Å². The van der Waals surface area contributed by atoms with E-state index >= 15 is 0 Å². The number of rotatable bonds is 7. The van der Waals surface area contributed by atoms with E-state index in [1.807, 2.05) is 51.1 Å². The fourth-order valence-electron chi connectivity index (χ4n) is 4.43. The van der Waals surface area contributed by atoms with E-state index in [2.05, 4.69) is 6.07 Å². The van der Waals surface area contributed by atoms with E-state index in [1.165, 1.54) is 7.11 Å². The van der Waals surface area contributed by atoms with Crippen LogP contribution in [0.3, 0.4) is 0 Å². The molecule has 0 spiro atoms. The van der Waals surface area contributed by atoms with Gasteiger partial charge in [-0.25, -0.2) is 4.79 Å². The highest BCUT2D eigenvalue weighted by molar-refractivity contribution is 5.99. The first-order valence-electron chi connectivity index (χ1n) is 11.5. The van der Waals surface area contributed by atoms with Crippen LogP contribution in [0.2, 0.25) is 0 Å². The molecule has 1 aliphatic rings. The molecule has 1 atom stereocenters. The van der Waals surface area contributed by atoms with Crippen molar-refractivity contribution in [1.29, 1.82) is 0 Å². The van der Waals surface area contributed by atoms with Gasteiger partial charge < -0.3 is 19.1 Å². The predicted molar refractivity (Wildman–Crippen MR) is 131 cm³/mol. The fourth-order valence-corrected chi connectivity index (χ4v) is 4.43. The van der Waals surface area contributed by atoms with Gasteiger partial charge in [-0.15, -0.1) is 0 Å². The van der Waals surface area contributed by atoms with Crippen LogP contribution in [0.4, 0.5) is 5.69 Å². The van der Waals surface area contributed by atoms with E-state index in [1.54, 1.807) is 29.2 Å². The summed E-state index contributed by atoms with van der Waals surface area (Å²) in [5.41, 5.74) is 5.16. The first-order chi connectivity index (χ1) is 16.5. The maximum Gasteiger partial charge on any atom is 0.337 e. The maximum absolute atomic E-state index is 13.5. The Labute approximate surface area is 200 Å². The molecule has 0 bridgehead atoms. The van der Waals surface area contributed by atoms with E-state index in [4.69, 9.17) is 14.2 Å². The van der Waals surface area contributed by atoms with E-state index in [0.717, 1.165) is 22.3 Å². The van der Waals surface area contributed by atoms with Gasteiger partial charge in [0, 0.05) is 5.69 Å². The molecule has 6 nitrogen and oxygen atoms in total. The van der Waals surface area contributed by atoms with Gasteiger partial charge in [-0.2, -0.15) is 0 Å². The summed E-state index contributed by atoms with van der Waals surface area (Å²) in [6.07, 6.45) is 0.239. The summed E-state index contributed by atoms with van der Waals surface area (Å²) in [6, 6.07) is 18.7. The number of esters is 1. The number of fused-ring (bicyclic) bond motifs is 1. The first-order valence-corrected chi connectivity index (χ1v) is 11.5. The highest BCUT2D eigenvalue weighted by Gasteiger charge is 2.36. The Hall–Kier alpha value is -3.80. The molecule has 0 aliphatic carbocycles. The number of hydrogen-bond acceptors (Lipinski definition) is 5. The van der Waals surface area contributed by atoms with Gasteiger partial charge >= 0.3 is 5.97 Å². The smallest absolute Gasteiger partial charge is 0.337 e. The van der Waals surface area contributed by atoms with Crippen molar-refractivity contribution < 1.29 is 23.8 Å². The average molecular weight is 460 g/mol. The Morgan fingerprint density at radius 2 is 1.65 bits per heavy atom. The zero-order chi connectivity index (χ0) is 24.2. The summed E-state index contributed by atoms with van der Waals surface area (Å²) in [7, 11) is 1.35. The van der Waals surface area contributed by atoms with Crippen LogP contribution in [0, 0.1) is 6.92 Å². The zero-order valence-corrected chi connectivity index (χ0v) is 20.0. The number of carbonyl (C=O) groups is 2. The van der Waals surface area contributed by atoms with Crippen LogP contribution in [-0.2, 0) is 16.0 Å². The van der Waals surface area contributed by atoms with Gasteiger partial charge in [-0.05, 0) is 73.9 Å². The number of nitrogens with zero attached hydrogens (tertiary/aromatic N) is 1. The minimum absolute atomic E-state index is 0.0311. The first kappa shape index (κ1) is 23.4. The molecule has 34 heavy (non-hydrogen) atoms. The minimum Gasteiger partial charge on any atom is -0.490 e. The molecule has 3 aromatic carbocycles. The quantitative estimate of drug-likeness (QED) is 0.451. The van der Waals surface area contributed by atoms with E-state index in [9.17, 15) is 9.59 Å². The molecular formula is C28H29NO5. The summed E-state index contributed by atoms with van der Waals surface area (Å²) in [6.45, 7) is 6.91. The summed E-state index contributed by atoms with van der Waals surface area (Å²) in [5, 5.41) is 0. The molecule has 1 heterocycles. The lowest BCUT2D eigenvalue weighted by molar-refractivity contribution is -0.118. The highest BCUT2D eigenvalue weighted by atomic mass is 16.5. The Morgan fingerprint density at radius 1 is 0.971 bits per heavy atom. The lowest BCUT2D eigenvalue weighted by Crippen LogP contribution is -2.41. The molecule has 0 N–H and O–H groups in total. The van der Waals surface area contributed by atoms with Gasteiger partial charge in [-0.3, -0.25) is 4.79 Å². The van der Waals surface area contributed by atoms with Crippen LogP contribution >= 0.6 is 0 Å². The van der Waals surface area contributed by atoms with Gasteiger partial charge in [-0.1, -0.05) is 29.8 Å². The van der Waals surface area contributed by atoms with Crippen molar-refractivity contribution in [2.24, 2.45) is 0 Å². The largest absolute Gasteiger partial charge is 0.490 e. The predicted octanol–water partition coefficient (Wildman–Crippen LogP) is 5.26. The van der Waals surface area contributed by atoms with E-state index < -0.39 is 5.97 Å². The third-order valence-electron chi connectivity index (χ3n) is 5.89. The Morgan fingerprint density at radius 3 is 2.26 bits per heavy atom. The molecule has 0 saturated heterocycles. The average Bonchev–Trinajstić information content (AvgIpc) is 2.84. The SMILES string of the molecule is CCOc1cc2c(cc1OCC)[C@H](c1cccc(C)c1)N(c1ccc(C(=O)OC)cc1)C(=O)C2. The van der Waals surface area contributed by atoms with Gasteiger partial charge in [0.2, 0.25) is 5.91 Å². The summed E-state index contributed by atoms with van der Waals surface area (Å²) in [5.74, 6) is 0.865. The van der Waals surface area contributed by atoms with Crippen molar-refractivity contribution in [3.63, 3.8) is 0 Å². The van der Waals surface area contributed by atoms with E-state index in [-0.39, 0.29) is 18.4 Å². The summed E-state index contributed by atoms with van der Waals surface area (Å²) >= 11 is 0. The van der Waals surface area contributed by atoms with Crippen LogP contribution in [0.1, 0.15) is 52.5 Å². The molecule has 0 fully saturated rings. The molecule has 0 radical (unpaired) electrons. The molecule has 0 saturated carbocycles. The number of carbonyl (C=O) groups excluding carboxylic acids is 2. The monoisotopic (exact) mass is 459 g/mol. The van der Waals surface area contributed by atoms with Gasteiger partial charge in [0.25, 0.3) is 0 Å². The lowest BCUT2D eigenvalue weighted by Gasteiger charge is -2.38. The van der Waals surface area contributed by atoms with Crippen molar-refractivity contribution >= 4 is 17.6 Å². The fraction of sp³-hybridized carbons (Fsp3) is 0.286. The van der Waals surface area contributed by atoms with Gasteiger partial charge in [0.05, 0.1) is 38.3 Å². The highest BCUT2D eigenvalue weighted by Crippen LogP contribution is 2.43. The second-order valence-corrected chi connectivity index (χ2v) is 8.16. The van der Waals surface area contributed by atoms with Crippen molar-refractivity contribution in [2.45, 2.75) is 33.2 Å². The molecule has 0 aromatic heterocycles. The Kier molecular flexibility index (Phi) is 6.87. The van der Waals surface area contributed by atoms with Crippen molar-refractivity contribution in [3.05, 3.63) is 88.5 Å². The number of aryl methyl sites for hydroxylation is 1. The minimum atomic E-state index is -0.415. The number of ether oxygens (including phenoxy) is 3. The van der Waals surface area contributed by atoms with Crippen LogP contribution in [0.5, 0.6) is 11.5 Å². The number of amides is 1. The zero-order valence-electron chi connectivity index (χ0n) is 20.0. The van der Waals surface area contributed by atoms with Crippen LogP contribution in [-0.4, -0.2) is 32.2 Å². The molecular weight excluding hydrogens is 430 g/mol. The van der Waals surface area contributed by atoms with Gasteiger partial charge in [0.15, 0.2) is 11.5 Å². The molecule has 3 aromatic rings. The number of anilines is 1. The Balaban J connectivity index is 1.88. The second kappa shape index (κ2) is 10.00. The lowest BCUT2D eigenvalue weighted by atomic mass is 9.86. The van der Waals surface area contributed by atoms with Crippen molar-refractivity contribution in [3.8, 4) is 11.5 Å². The molecule has 1 amide bonds. The normalized spacial score (nSPS) is 15.0. The van der Waals surface area contributed by atoms with Gasteiger partial charge in [0.1, 0.15) is 0 Å². The van der Waals surface area contributed by atoms with Crippen molar-refractivity contribution in [2.75, 3.05) is 25.2 Å². The van der Waals surface area contributed by atoms with Crippen LogP contribution in [0.25, 0.3) is 0 Å². The third-order valence-corrected chi connectivity index (χ3v) is 5.89. The van der Waals surface area contributed by atoms with Crippen LogP contribution in [0.15, 0.2) is 60.7 Å².